The van der Waals surface area contributed by atoms with E-state index in [4.69, 9.17) is 25.8 Å². The van der Waals surface area contributed by atoms with Gasteiger partial charge in [-0.05, 0) is 88.8 Å². The van der Waals surface area contributed by atoms with E-state index in [-0.39, 0.29) is 5.75 Å². The minimum atomic E-state index is -0.557. The van der Waals surface area contributed by atoms with Gasteiger partial charge in [0.2, 0.25) is 0 Å². The van der Waals surface area contributed by atoms with Gasteiger partial charge in [0, 0.05) is 30.6 Å². The third-order valence-electron chi connectivity index (χ3n) is 6.21. The Labute approximate surface area is 254 Å². The lowest BCUT2D eigenvalue weighted by Crippen LogP contribution is -2.19. The number of carbonyl (C=O) groups excluding carboxylic acids is 2. The van der Waals surface area contributed by atoms with Crippen LogP contribution in [0.1, 0.15) is 26.4 Å². The quantitative estimate of drug-likeness (QED) is 0.0600. The molecule has 0 aliphatic carbocycles. The van der Waals surface area contributed by atoms with Crippen molar-refractivity contribution in [3.05, 3.63) is 110 Å². The Kier molecular flexibility index (Phi) is 8.55. The number of ether oxygens (including phenoxy) is 3. The first-order valence-corrected chi connectivity index (χ1v) is 13.8. The molecule has 5 aromatic rings. The van der Waals surface area contributed by atoms with Crippen molar-refractivity contribution in [1.82, 2.24) is 10.4 Å². The highest BCUT2D eigenvalue weighted by atomic mass is 127. The zero-order chi connectivity index (χ0) is 28.9. The molecule has 5 rings (SSSR count). The minimum absolute atomic E-state index is 0.235. The van der Waals surface area contributed by atoms with E-state index in [1.165, 1.54) is 20.4 Å². The fraction of sp³-hybridized carbons (Fsp3) is 0.0645. The number of methoxy groups -OCH3 is 2. The summed E-state index contributed by atoms with van der Waals surface area (Å²) in [5.41, 5.74) is 6.11. The second-order valence-corrected chi connectivity index (χ2v) is 10.4. The lowest BCUT2D eigenvalue weighted by molar-refractivity contribution is 0.0729. The molecule has 0 atom stereocenters. The van der Waals surface area contributed by atoms with Crippen molar-refractivity contribution in [2.75, 3.05) is 14.2 Å². The van der Waals surface area contributed by atoms with Crippen LogP contribution < -0.4 is 19.6 Å². The third-order valence-corrected chi connectivity index (χ3v) is 7.21. The second kappa shape index (κ2) is 12.4. The van der Waals surface area contributed by atoms with Crippen LogP contribution in [0.5, 0.6) is 17.2 Å². The molecule has 1 aromatic heterocycles. The number of nitrogens with one attached hydrogen (secondary N) is 2. The number of aromatic nitrogens is 1. The summed E-state index contributed by atoms with van der Waals surface area (Å²) in [5.74, 6) is 0.110. The third kappa shape index (κ3) is 6.21. The van der Waals surface area contributed by atoms with E-state index in [0.717, 1.165) is 20.0 Å². The van der Waals surface area contributed by atoms with Crippen LogP contribution in [0.15, 0.2) is 90.0 Å². The smallest absolute Gasteiger partial charge is 0.343 e. The summed E-state index contributed by atoms with van der Waals surface area (Å²) < 4.78 is 17.1. The summed E-state index contributed by atoms with van der Waals surface area (Å²) in [5, 5.41) is 5.55. The number of rotatable bonds is 8. The number of fused-ring (bicyclic) bond motifs is 1. The van der Waals surface area contributed by atoms with Crippen LogP contribution in [-0.4, -0.2) is 37.3 Å². The maximum atomic E-state index is 13.3. The number of halogens is 2. The first kappa shape index (κ1) is 28.2. The van der Waals surface area contributed by atoms with Gasteiger partial charge in [-0.25, -0.2) is 10.2 Å². The van der Waals surface area contributed by atoms with Crippen LogP contribution in [0.4, 0.5) is 0 Å². The molecule has 0 bridgehead atoms. The lowest BCUT2D eigenvalue weighted by atomic mass is 10.0. The van der Waals surface area contributed by atoms with Gasteiger partial charge in [0.05, 0.1) is 26.0 Å². The van der Waals surface area contributed by atoms with Gasteiger partial charge >= 0.3 is 5.97 Å². The minimum Gasteiger partial charge on any atom is -0.497 e. The monoisotopic (exact) mass is 679 g/mol. The Bertz CT molecular complexity index is 1800. The van der Waals surface area contributed by atoms with Crippen molar-refractivity contribution in [2.45, 2.75) is 0 Å². The number of nitrogens with zero attached hydrogens (tertiary/aromatic N) is 1. The number of amides is 1. The molecule has 0 spiro atoms. The van der Waals surface area contributed by atoms with Crippen molar-refractivity contribution in [1.29, 1.82) is 0 Å². The van der Waals surface area contributed by atoms with Crippen LogP contribution in [0.25, 0.3) is 22.0 Å². The Morgan fingerprint density at radius 2 is 1.76 bits per heavy atom. The summed E-state index contributed by atoms with van der Waals surface area (Å²) in [6, 6.07) is 24.8. The van der Waals surface area contributed by atoms with Gasteiger partial charge in [-0.15, -0.1) is 0 Å². The van der Waals surface area contributed by atoms with Crippen molar-refractivity contribution < 1.29 is 23.8 Å². The molecule has 0 unspecified atom stereocenters. The SMILES string of the molecule is COc1cccc(C(=O)Oc2ccc(C=NNC(=O)c3[nH]c4ccc(I)cc4c3-c3ccccc3Cl)cc2OC)c1. The fourth-order valence-electron chi connectivity index (χ4n) is 4.26. The molecule has 0 aliphatic heterocycles. The number of hydrogen-bond acceptors (Lipinski definition) is 6. The first-order chi connectivity index (χ1) is 19.9. The van der Waals surface area contributed by atoms with E-state index in [1.807, 2.05) is 36.4 Å². The van der Waals surface area contributed by atoms with Gasteiger partial charge in [-0.1, -0.05) is 35.9 Å². The number of benzene rings is 4. The summed E-state index contributed by atoms with van der Waals surface area (Å²) in [6.45, 7) is 0. The zero-order valence-corrected chi connectivity index (χ0v) is 24.8. The topological polar surface area (TPSA) is 102 Å². The number of esters is 1. The molecule has 0 aliphatic rings. The fourth-order valence-corrected chi connectivity index (χ4v) is 4.98. The standard InChI is InChI=1S/C31H23ClIN3O5/c1-39-21-7-5-6-19(15-21)31(38)41-26-13-10-18(14-27(26)40-2)17-34-36-30(37)29-28(22-8-3-4-9-24(22)32)23-16-20(33)11-12-25(23)35-29/h3-17,35H,1-2H3,(H,36,37). The molecule has 4 aromatic carbocycles. The van der Waals surface area contributed by atoms with Crippen LogP contribution >= 0.6 is 34.2 Å². The maximum Gasteiger partial charge on any atom is 0.343 e. The highest BCUT2D eigenvalue weighted by Gasteiger charge is 2.21. The molecular formula is C31H23ClIN3O5. The Hall–Kier alpha value is -4.35. The second-order valence-electron chi connectivity index (χ2n) is 8.78. The maximum absolute atomic E-state index is 13.3. The lowest BCUT2D eigenvalue weighted by Gasteiger charge is -2.10. The molecule has 1 amide bonds. The number of carbonyl (C=O) groups is 2. The van der Waals surface area contributed by atoms with E-state index >= 15 is 0 Å². The highest BCUT2D eigenvalue weighted by molar-refractivity contribution is 14.1. The predicted octanol–water partition coefficient (Wildman–Crippen LogP) is 7.09. The van der Waals surface area contributed by atoms with Crippen LogP contribution in [0.2, 0.25) is 5.02 Å². The molecule has 0 saturated carbocycles. The molecular weight excluding hydrogens is 657 g/mol. The average Bonchev–Trinajstić information content (AvgIpc) is 3.36. The van der Waals surface area contributed by atoms with E-state index < -0.39 is 11.9 Å². The molecule has 206 valence electrons. The largest absolute Gasteiger partial charge is 0.497 e. The van der Waals surface area contributed by atoms with Crippen molar-refractivity contribution in [3.63, 3.8) is 0 Å². The van der Waals surface area contributed by atoms with Crippen LogP contribution in [0, 0.1) is 3.57 Å². The van der Waals surface area contributed by atoms with Gasteiger partial charge in [-0.3, -0.25) is 4.79 Å². The number of H-pyrrole nitrogens is 1. The zero-order valence-electron chi connectivity index (χ0n) is 21.9. The number of hydrogen-bond donors (Lipinski definition) is 2. The first-order valence-electron chi connectivity index (χ1n) is 12.3. The molecule has 8 nitrogen and oxygen atoms in total. The van der Waals surface area contributed by atoms with Crippen molar-refractivity contribution in [2.24, 2.45) is 5.10 Å². The van der Waals surface area contributed by atoms with Crippen molar-refractivity contribution in [3.8, 4) is 28.4 Å². The molecule has 0 fully saturated rings. The van der Waals surface area contributed by atoms with Gasteiger partial charge in [0.15, 0.2) is 11.5 Å². The molecule has 10 heteroatoms. The average molecular weight is 680 g/mol. The molecule has 2 N–H and O–H groups in total. The molecule has 41 heavy (non-hydrogen) atoms. The Morgan fingerprint density at radius 3 is 2.54 bits per heavy atom. The Balaban J connectivity index is 1.36. The van der Waals surface area contributed by atoms with Gasteiger partial charge in [0.25, 0.3) is 5.91 Å². The number of aromatic amines is 1. The van der Waals surface area contributed by atoms with Crippen LogP contribution in [-0.2, 0) is 0 Å². The van der Waals surface area contributed by atoms with Crippen molar-refractivity contribution >= 4 is 63.2 Å². The molecule has 1 heterocycles. The van der Waals surface area contributed by atoms with E-state index in [0.29, 0.717) is 38.9 Å². The highest BCUT2D eigenvalue weighted by Crippen LogP contribution is 2.37. The summed E-state index contributed by atoms with van der Waals surface area (Å²) in [4.78, 5) is 29.1. The molecule has 0 radical (unpaired) electrons. The predicted molar refractivity (Wildman–Crippen MR) is 167 cm³/mol. The molecule has 0 saturated heterocycles. The summed E-state index contributed by atoms with van der Waals surface area (Å²) >= 11 is 8.75. The number of hydrazone groups is 1. The van der Waals surface area contributed by atoms with E-state index in [9.17, 15) is 9.59 Å². The summed E-state index contributed by atoms with van der Waals surface area (Å²) in [6.07, 6.45) is 1.47. The van der Waals surface area contributed by atoms with Gasteiger partial charge in [0.1, 0.15) is 11.4 Å². The Morgan fingerprint density at radius 1 is 0.927 bits per heavy atom. The normalized spacial score (nSPS) is 11.0. The van der Waals surface area contributed by atoms with E-state index in [1.54, 1.807) is 48.5 Å². The van der Waals surface area contributed by atoms with E-state index in [2.05, 4.69) is 38.1 Å². The van der Waals surface area contributed by atoms with Gasteiger partial charge in [-0.2, -0.15) is 5.10 Å². The van der Waals surface area contributed by atoms with Crippen LogP contribution in [0.3, 0.4) is 0 Å². The van der Waals surface area contributed by atoms with Gasteiger partial charge < -0.3 is 19.2 Å². The summed E-state index contributed by atoms with van der Waals surface area (Å²) in [7, 11) is 2.99.